The van der Waals surface area contributed by atoms with Crippen molar-refractivity contribution in [1.29, 1.82) is 0 Å². The summed E-state index contributed by atoms with van der Waals surface area (Å²) in [4.78, 5) is 4.86. The first-order valence-corrected chi connectivity index (χ1v) is 22.4. The number of rotatable bonds is 5. The van der Waals surface area contributed by atoms with Gasteiger partial charge in [0.15, 0.2) is 0 Å². The molecule has 2 aliphatic heterocycles. The molecule has 3 aromatic heterocycles. The van der Waals surface area contributed by atoms with E-state index in [9.17, 15) is 0 Å². The predicted molar refractivity (Wildman–Crippen MR) is 268 cm³/mol. The minimum absolute atomic E-state index is 0.00237. The largest absolute Gasteiger partial charge is 0.468 e. The summed E-state index contributed by atoms with van der Waals surface area (Å²) < 4.78 is 16.9. The molecular weight excluding hydrogens is 781 g/mol. The fraction of sp³-hybridized carbons (Fsp3) is 0.138. The van der Waals surface area contributed by atoms with Gasteiger partial charge in [0.05, 0.1) is 28.1 Å². The van der Waals surface area contributed by atoms with Crippen molar-refractivity contribution in [3.63, 3.8) is 0 Å². The Morgan fingerprint density at radius 2 is 0.781 bits per heavy atom. The first-order valence-electron chi connectivity index (χ1n) is 22.4. The number of furan rings is 2. The number of nitrogens with zero attached hydrogens (tertiary/aromatic N) is 3. The standard InChI is InChI=1S/C58H48BN3O2/c1-57(2,3)39-25-29-41(30-26-39)60-48-33-43(62-46-23-15-13-21-44(46)45-22-14-16-24-47(45)62)34-49-54(48)59(55-50(60)35-52(63-55)37-17-9-7-10-18-37)56-51(36-53(64-56)38-19-11-8-12-20-38)61(49)42-31-27-40(28-32-42)58(4,5)6/h7-36H,1-6H3. The molecule has 7 aromatic carbocycles. The molecule has 64 heavy (non-hydrogen) atoms. The zero-order valence-electron chi connectivity index (χ0n) is 37.1. The molecule has 0 radical (unpaired) electrons. The van der Waals surface area contributed by atoms with E-state index in [1.807, 2.05) is 0 Å². The molecule has 0 N–H and O–H groups in total. The Morgan fingerprint density at radius 3 is 1.19 bits per heavy atom. The molecule has 0 amide bonds. The lowest BCUT2D eigenvalue weighted by molar-refractivity contribution is 0.590. The van der Waals surface area contributed by atoms with Crippen LogP contribution >= 0.6 is 0 Å². The van der Waals surface area contributed by atoms with E-state index in [-0.39, 0.29) is 17.5 Å². The van der Waals surface area contributed by atoms with Crippen LogP contribution in [0.25, 0.3) is 50.1 Å². The summed E-state index contributed by atoms with van der Waals surface area (Å²) in [5.74, 6) is 1.63. The monoisotopic (exact) mass is 829 g/mol. The van der Waals surface area contributed by atoms with Gasteiger partial charge in [-0.05, 0) is 76.0 Å². The first kappa shape index (κ1) is 38.3. The minimum Gasteiger partial charge on any atom is -0.468 e. The minimum atomic E-state index is -0.340. The highest BCUT2D eigenvalue weighted by Crippen LogP contribution is 2.49. The maximum atomic E-state index is 7.23. The molecule has 0 bridgehead atoms. The highest BCUT2D eigenvalue weighted by atomic mass is 16.4. The van der Waals surface area contributed by atoms with E-state index in [2.05, 4.69) is 238 Å². The lowest BCUT2D eigenvalue weighted by atomic mass is 9.38. The van der Waals surface area contributed by atoms with Crippen LogP contribution in [-0.4, -0.2) is 11.3 Å². The summed E-state index contributed by atoms with van der Waals surface area (Å²) in [6.07, 6.45) is 0. The summed E-state index contributed by atoms with van der Waals surface area (Å²) in [5, 5.41) is 2.45. The third-order valence-corrected chi connectivity index (χ3v) is 13.3. The lowest BCUT2D eigenvalue weighted by Gasteiger charge is -2.41. The van der Waals surface area contributed by atoms with Crippen molar-refractivity contribution in [2.45, 2.75) is 52.4 Å². The topological polar surface area (TPSA) is 37.7 Å². The molecule has 0 saturated heterocycles. The Kier molecular flexibility index (Phi) is 8.39. The van der Waals surface area contributed by atoms with Crippen molar-refractivity contribution in [1.82, 2.24) is 4.57 Å². The maximum Gasteiger partial charge on any atom is 0.342 e. The van der Waals surface area contributed by atoms with Crippen LogP contribution in [-0.2, 0) is 10.8 Å². The zero-order chi connectivity index (χ0) is 43.5. The van der Waals surface area contributed by atoms with Gasteiger partial charge in [0.25, 0.3) is 0 Å². The van der Waals surface area contributed by atoms with Crippen molar-refractivity contribution in [2.75, 3.05) is 9.80 Å². The van der Waals surface area contributed by atoms with Crippen LogP contribution in [0.4, 0.5) is 34.1 Å². The van der Waals surface area contributed by atoms with Crippen LogP contribution in [0.1, 0.15) is 52.7 Å². The second-order valence-electron chi connectivity index (χ2n) is 19.4. The number of aromatic nitrogens is 1. The van der Waals surface area contributed by atoms with Crippen LogP contribution in [0.2, 0.25) is 0 Å². The van der Waals surface area contributed by atoms with Gasteiger partial charge in [-0.15, -0.1) is 0 Å². The third kappa shape index (κ3) is 5.92. The molecule has 5 heterocycles. The molecule has 0 unspecified atom stereocenters. The molecule has 0 saturated carbocycles. The molecule has 0 atom stereocenters. The van der Waals surface area contributed by atoms with Gasteiger partial charge in [-0.1, -0.05) is 163 Å². The number of benzene rings is 7. The highest BCUT2D eigenvalue weighted by Gasteiger charge is 2.49. The van der Waals surface area contributed by atoms with E-state index in [1.165, 1.54) is 21.9 Å². The fourth-order valence-electron chi connectivity index (χ4n) is 10.1. The highest BCUT2D eigenvalue weighted by molar-refractivity contribution is 6.99. The van der Waals surface area contributed by atoms with Gasteiger partial charge < -0.3 is 23.2 Å². The van der Waals surface area contributed by atoms with Gasteiger partial charge in [0, 0.05) is 56.8 Å². The molecule has 0 spiro atoms. The Balaban J connectivity index is 1.21. The van der Waals surface area contributed by atoms with Crippen molar-refractivity contribution in [3.8, 4) is 28.3 Å². The summed E-state index contributed by atoms with van der Waals surface area (Å²) in [6.45, 7) is 13.3. The molecule has 10 aromatic rings. The number of para-hydroxylation sites is 2. The van der Waals surface area contributed by atoms with E-state index in [0.717, 1.165) is 90.3 Å². The van der Waals surface area contributed by atoms with E-state index < -0.39 is 0 Å². The zero-order valence-corrected chi connectivity index (χ0v) is 37.1. The average Bonchev–Trinajstić information content (AvgIpc) is 4.04. The maximum absolute atomic E-state index is 7.23. The SMILES string of the molecule is CC(C)(C)c1ccc(N2c3cc(-c4ccccc4)oc3B3c4oc(-c5ccccc5)cc4N(c4ccc(C(C)(C)C)cc4)c4cc(-n5c6ccccc6c6ccccc65)cc2c43)cc1. The summed E-state index contributed by atoms with van der Waals surface area (Å²) in [6, 6.07) is 65.9. The predicted octanol–water partition coefficient (Wildman–Crippen LogP) is 14.0. The summed E-state index contributed by atoms with van der Waals surface area (Å²) >= 11 is 0. The van der Waals surface area contributed by atoms with Crippen molar-refractivity contribution in [2.24, 2.45) is 0 Å². The van der Waals surface area contributed by atoms with E-state index in [1.54, 1.807) is 0 Å². The van der Waals surface area contributed by atoms with Gasteiger partial charge in [0.2, 0.25) is 0 Å². The first-order chi connectivity index (χ1) is 31.0. The van der Waals surface area contributed by atoms with Crippen LogP contribution in [0.15, 0.2) is 191 Å². The molecule has 6 heteroatoms. The van der Waals surface area contributed by atoms with Gasteiger partial charge in [0.1, 0.15) is 22.8 Å². The Morgan fingerprint density at radius 1 is 0.391 bits per heavy atom. The number of hydrogen-bond acceptors (Lipinski definition) is 4. The number of anilines is 6. The van der Waals surface area contributed by atoms with E-state index in [4.69, 9.17) is 8.83 Å². The van der Waals surface area contributed by atoms with Gasteiger partial charge in [-0.25, -0.2) is 0 Å². The molecule has 2 aliphatic rings. The normalized spacial score (nSPS) is 13.4. The van der Waals surface area contributed by atoms with Crippen LogP contribution in [0.3, 0.4) is 0 Å². The van der Waals surface area contributed by atoms with Crippen molar-refractivity contribution >= 4 is 79.4 Å². The molecule has 310 valence electrons. The van der Waals surface area contributed by atoms with Gasteiger partial charge in [-0.3, -0.25) is 0 Å². The Bertz CT molecular complexity index is 3180. The van der Waals surface area contributed by atoms with E-state index in [0.29, 0.717) is 0 Å². The van der Waals surface area contributed by atoms with Gasteiger partial charge in [-0.2, -0.15) is 0 Å². The molecular formula is C58H48BN3O2. The number of fused-ring (bicyclic) bond motifs is 7. The Hall–Kier alpha value is -7.44. The Labute approximate surface area is 374 Å². The summed E-state index contributed by atoms with van der Waals surface area (Å²) in [7, 11) is 0. The smallest absolute Gasteiger partial charge is 0.342 e. The average molecular weight is 830 g/mol. The lowest BCUT2D eigenvalue weighted by Crippen LogP contribution is -2.60. The van der Waals surface area contributed by atoms with Crippen molar-refractivity contribution in [3.05, 3.63) is 193 Å². The van der Waals surface area contributed by atoms with E-state index >= 15 is 0 Å². The second kappa shape index (κ2) is 14.0. The molecule has 0 aliphatic carbocycles. The molecule has 0 fully saturated rings. The van der Waals surface area contributed by atoms with Gasteiger partial charge >= 0.3 is 6.71 Å². The second-order valence-corrected chi connectivity index (χ2v) is 19.4. The quantitative estimate of drug-likeness (QED) is 0.162. The fourth-order valence-corrected chi connectivity index (χ4v) is 10.1. The van der Waals surface area contributed by atoms with Crippen LogP contribution in [0, 0.1) is 0 Å². The van der Waals surface area contributed by atoms with Crippen molar-refractivity contribution < 1.29 is 8.83 Å². The van der Waals surface area contributed by atoms with Crippen LogP contribution < -0.4 is 26.6 Å². The van der Waals surface area contributed by atoms with Crippen LogP contribution in [0.5, 0.6) is 0 Å². The summed E-state index contributed by atoms with van der Waals surface area (Å²) in [5.41, 5.74) is 17.1. The number of hydrogen-bond donors (Lipinski definition) is 0. The third-order valence-electron chi connectivity index (χ3n) is 13.3. The molecule has 5 nitrogen and oxygen atoms in total. The molecule has 12 rings (SSSR count).